The zero-order valence-corrected chi connectivity index (χ0v) is 7.45. The summed E-state index contributed by atoms with van der Waals surface area (Å²) in [7, 11) is 0. The van der Waals surface area contributed by atoms with E-state index in [4.69, 9.17) is 15.9 Å². The first-order chi connectivity index (χ1) is 6.22. The highest BCUT2D eigenvalue weighted by molar-refractivity contribution is 5.79. The van der Waals surface area contributed by atoms with Crippen LogP contribution in [0.1, 0.15) is 12.5 Å². The molecule has 0 aliphatic rings. The lowest BCUT2D eigenvalue weighted by Gasteiger charge is -2.01. The van der Waals surface area contributed by atoms with Gasteiger partial charge in [-0.15, -0.1) is 0 Å². The van der Waals surface area contributed by atoms with Crippen molar-refractivity contribution < 1.29 is 4.74 Å². The molecule has 3 N–H and O–H groups in total. The average molecular weight is 180 g/mol. The van der Waals surface area contributed by atoms with Crippen molar-refractivity contribution in [1.29, 1.82) is 5.41 Å². The summed E-state index contributed by atoms with van der Waals surface area (Å²) in [5, 5.41) is 7.06. The van der Waals surface area contributed by atoms with E-state index in [0.717, 1.165) is 5.56 Å². The van der Waals surface area contributed by atoms with Crippen molar-refractivity contribution in [2.45, 2.75) is 13.3 Å². The van der Waals surface area contributed by atoms with Crippen molar-refractivity contribution in [3.05, 3.63) is 18.0 Å². The van der Waals surface area contributed by atoms with E-state index in [1.807, 2.05) is 6.92 Å². The van der Waals surface area contributed by atoms with Crippen LogP contribution in [0.15, 0.2) is 12.4 Å². The second-order valence-corrected chi connectivity index (χ2v) is 2.51. The van der Waals surface area contributed by atoms with E-state index >= 15 is 0 Å². The molecule has 0 aliphatic carbocycles. The quantitative estimate of drug-likeness (QED) is 0.517. The maximum absolute atomic E-state index is 7.06. The lowest BCUT2D eigenvalue weighted by molar-refractivity contribution is 0.312. The molecular weight excluding hydrogens is 168 g/mol. The van der Waals surface area contributed by atoms with Crippen LogP contribution in [0.5, 0.6) is 6.01 Å². The molecule has 0 fully saturated rings. The molecule has 5 heteroatoms. The van der Waals surface area contributed by atoms with Gasteiger partial charge in [-0.25, -0.2) is 9.97 Å². The summed E-state index contributed by atoms with van der Waals surface area (Å²) >= 11 is 0. The summed E-state index contributed by atoms with van der Waals surface area (Å²) in [5.41, 5.74) is 6.03. The van der Waals surface area contributed by atoms with Gasteiger partial charge >= 0.3 is 6.01 Å². The highest BCUT2D eigenvalue weighted by atomic mass is 16.5. The Bertz CT molecular complexity index is 283. The third kappa shape index (κ3) is 3.06. The Balaban J connectivity index is 2.64. The molecule has 0 bridgehead atoms. The number of amidine groups is 1. The van der Waals surface area contributed by atoms with Crippen molar-refractivity contribution in [1.82, 2.24) is 9.97 Å². The number of nitrogens with one attached hydrogen (secondary N) is 1. The van der Waals surface area contributed by atoms with E-state index in [1.54, 1.807) is 12.4 Å². The molecule has 0 radical (unpaired) electrons. The van der Waals surface area contributed by atoms with Crippen LogP contribution >= 0.6 is 0 Å². The highest BCUT2D eigenvalue weighted by Crippen LogP contribution is 2.02. The van der Waals surface area contributed by atoms with Crippen LogP contribution in [0.3, 0.4) is 0 Å². The van der Waals surface area contributed by atoms with Gasteiger partial charge in [0, 0.05) is 18.8 Å². The van der Waals surface area contributed by atoms with Gasteiger partial charge in [0.25, 0.3) is 0 Å². The molecule has 1 aromatic rings. The maximum atomic E-state index is 7.06. The van der Waals surface area contributed by atoms with Crippen molar-refractivity contribution >= 4 is 5.84 Å². The van der Waals surface area contributed by atoms with E-state index in [-0.39, 0.29) is 5.84 Å². The zero-order chi connectivity index (χ0) is 9.68. The number of hydrogen-bond acceptors (Lipinski definition) is 4. The summed E-state index contributed by atoms with van der Waals surface area (Å²) in [4.78, 5) is 7.87. The zero-order valence-electron chi connectivity index (χ0n) is 7.45. The molecule has 0 atom stereocenters. The van der Waals surface area contributed by atoms with E-state index in [1.165, 1.54) is 0 Å². The minimum Gasteiger partial charge on any atom is -0.464 e. The largest absolute Gasteiger partial charge is 0.464 e. The molecule has 1 rings (SSSR count). The fourth-order valence-corrected chi connectivity index (χ4v) is 0.858. The molecule has 1 heterocycles. The molecule has 0 saturated heterocycles. The second kappa shape index (κ2) is 4.39. The summed E-state index contributed by atoms with van der Waals surface area (Å²) in [6.45, 7) is 2.42. The highest BCUT2D eigenvalue weighted by Gasteiger charge is 1.98. The number of hydrogen-bond donors (Lipinski definition) is 2. The predicted octanol–water partition coefficient (Wildman–Crippen LogP) is 0.354. The Hall–Kier alpha value is -1.65. The third-order valence-electron chi connectivity index (χ3n) is 1.35. The number of aromatic nitrogens is 2. The van der Waals surface area contributed by atoms with E-state index < -0.39 is 0 Å². The second-order valence-electron chi connectivity index (χ2n) is 2.51. The normalized spacial score (nSPS) is 9.62. The standard InChI is InChI=1S/C8H12N4O/c1-2-13-8-11-4-6(5-12-8)3-7(9)10/h4-5H,2-3H2,1H3,(H3,9,10). The molecule has 70 valence electrons. The number of rotatable bonds is 4. The molecule has 0 unspecified atom stereocenters. The SMILES string of the molecule is CCOc1ncc(CC(=N)N)cn1. The van der Waals surface area contributed by atoms with Crippen molar-refractivity contribution in [2.24, 2.45) is 5.73 Å². The summed E-state index contributed by atoms with van der Waals surface area (Å²) in [6, 6.07) is 0.356. The Labute approximate surface area is 76.5 Å². The van der Waals surface area contributed by atoms with Gasteiger partial charge in [-0.3, -0.25) is 5.41 Å². The van der Waals surface area contributed by atoms with Gasteiger partial charge in [0.05, 0.1) is 12.4 Å². The predicted molar refractivity (Wildman–Crippen MR) is 48.8 cm³/mol. The molecule has 0 aromatic carbocycles. The topological polar surface area (TPSA) is 84.9 Å². The summed E-state index contributed by atoms with van der Waals surface area (Å²) in [5.74, 6) is 0.104. The molecule has 13 heavy (non-hydrogen) atoms. The summed E-state index contributed by atoms with van der Waals surface area (Å²) in [6.07, 6.45) is 3.60. The minimum absolute atomic E-state index is 0.104. The number of nitrogens with two attached hydrogens (primary N) is 1. The first kappa shape index (κ1) is 9.44. The van der Waals surface area contributed by atoms with E-state index in [9.17, 15) is 0 Å². The smallest absolute Gasteiger partial charge is 0.316 e. The van der Waals surface area contributed by atoms with E-state index in [2.05, 4.69) is 9.97 Å². The lowest BCUT2D eigenvalue weighted by Crippen LogP contribution is -2.13. The molecule has 0 saturated carbocycles. The summed E-state index contributed by atoms with van der Waals surface area (Å²) < 4.78 is 5.06. The van der Waals surface area contributed by atoms with Crippen LogP contribution in [0.25, 0.3) is 0 Å². The monoisotopic (exact) mass is 180 g/mol. The van der Waals surface area contributed by atoms with Crippen LogP contribution in [-0.4, -0.2) is 22.4 Å². The first-order valence-electron chi connectivity index (χ1n) is 3.99. The van der Waals surface area contributed by atoms with Crippen LogP contribution in [-0.2, 0) is 6.42 Å². The van der Waals surface area contributed by atoms with Crippen LogP contribution < -0.4 is 10.5 Å². The van der Waals surface area contributed by atoms with E-state index in [0.29, 0.717) is 19.0 Å². The van der Waals surface area contributed by atoms with Gasteiger partial charge in [-0.1, -0.05) is 0 Å². The molecule has 0 aliphatic heterocycles. The van der Waals surface area contributed by atoms with Gasteiger partial charge < -0.3 is 10.5 Å². The van der Waals surface area contributed by atoms with Gasteiger partial charge in [-0.05, 0) is 12.5 Å². The van der Waals surface area contributed by atoms with Gasteiger partial charge in [0.1, 0.15) is 0 Å². The molecule has 0 spiro atoms. The van der Waals surface area contributed by atoms with Crippen molar-refractivity contribution in [3.8, 4) is 6.01 Å². The van der Waals surface area contributed by atoms with Crippen LogP contribution in [0.4, 0.5) is 0 Å². The van der Waals surface area contributed by atoms with Gasteiger partial charge in [-0.2, -0.15) is 0 Å². The number of nitrogens with zero attached hydrogens (tertiary/aromatic N) is 2. The fourth-order valence-electron chi connectivity index (χ4n) is 0.858. The van der Waals surface area contributed by atoms with Gasteiger partial charge in [0.15, 0.2) is 0 Å². The molecule has 1 aromatic heterocycles. The van der Waals surface area contributed by atoms with Crippen molar-refractivity contribution in [3.63, 3.8) is 0 Å². The Morgan fingerprint density at radius 3 is 2.62 bits per heavy atom. The van der Waals surface area contributed by atoms with Gasteiger partial charge in [0.2, 0.25) is 0 Å². The molecule has 0 amide bonds. The van der Waals surface area contributed by atoms with Crippen LogP contribution in [0.2, 0.25) is 0 Å². The maximum Gasteiger partial charge on any atom is 0.316 e. The third-order valence-corrected chi connectivity index (χ3v) is 1.35. The lowest BCUT2D eigenvalue weighted by atomic mass is 10.2. The Morgan fingerprint density at radius 2 is 2.15 bits per heavy atom. The number of ether oxygens (including phenoxy) is 1. The van der Waals surface area contributed by atoms with Crippen molar-refractivity contribution in [2.75, 3.05) is 6.61 Å². The molecule has 5 nitrogen and oxygen atoms in total. The average Bonchev–Trinajstić information content (AvgIpc) is 2.08. The fraction of sp³-hybridized carbons (Fsp3) is 0.375. The Morgan fingerprint density at radius 1 is 1.54 bits per heavy atom. The van der Waals surface area contributed by atoms with Crippen LogP contribution in [0, 0.1) is 5.41 Å². The first-order valence-corrected chi connectivity index (χ1v) is 3.99. The Kier molecular flexibility index (Phi) is 3.19. The molecular formula is C8H12N4O. The minimum atomic E-state index is 0.104.